The van der Waals surface area contributed by atoms with Gasteiger partial charge in [0.1, 0.15) is 0 Å². The van der Waals surface area contributed by atoms with Gasteiger partial charge < -0.3 is 5.32 Å². The second-order valence-corrected chi connectivity index (χ2v) is 7.12. The molecule has 0 saturated heterocycles. The molecule has 0 atom stereocenters. The van der Waals surface area contributed by atoms with Gasteiger partial charge in [0, 0.05) is 11.3 Å². The van der Waals surface area contributed by atoms with Crippen LogP contribution in [-0.4, -0.2) is 14.6 Å². The molecule has 0 aliphatic carbocycles. The summed E-state index contributed by atoms with van der Waals surface area (Å²) in [6.45, 7) is 0. The molecular weight excluding hydrogens is 352 g/mol. The van der Waals surface area contributed by atoms with Crippen molar-refractivity contribution in [2.75, 3.05) is 5.32 Å². The van der Waals surface area contributed by atoms with Crippen molar-refractivity contribution in [2.45, 2.75) is 0 Å². The quantitative estimate of drug-likeness (QED) is 0.431. The van der Waals surface area contributed by atoms with Crippen LogP contribution in [0.15, 0.2) is 91.0 Å². The lowest BCUT2D eigenvalue weighted by Crippen LogP contribution is -1.98. The highest BCUT2D eigenvalue weighted by molar-refractivity contribution is 7.20. The molecule has 5 heteroatoms. The van der Waals surface area contributed by atoms with Gasteiger partial charge in [-0.1, -0.05) is 90.2 Å². The van der Waals surface area contributed by atoms with Crippen LogP contribution in [0.4, 0.5) is 11.6 Å². The summed E-state index contributed by atoms with van der Waals surface area (Å²) in [5.41, 5.74) is 4.40. The molecule has 0 saturated carbocycles. The van der Waals surface area contributed by atoms with Gasteiger partial charge in [-0.3, -0.25) is 4.40 Å². The summed E-state index contributed by atoms with van der Waals surface area (Å²) >= 11 is 1.65. The van der Waals surface area contributed by atoms with Crippen LogP contribution in [0.1, 0.15) is 0 Å². The Kier molecular flexibility index (Phi) is 3.92. The van der Waals surface area contributed by atoms with E-state index in [0.29, 0.717) is 5.95 Å². The molecular formula is C22H16N4S. The molecule has 2 aromatic heterocycles. The first kappa shape index (κ1) is 15.8. The molecule has 0 aliphatic rings. The highest BCUT2D eigenvalue weighted by Gasteiger charge is 2.20. The van der Waals surface area contributed by atoms with Crippen LogP contribution in [0.5, 0.6) is 0 Å². The average molecular weight is 368 g/mol. The van der Waals surface area contributed by atoms with Crippen molar-refractivity contribution in [3.8, 4) is 21.7 Å². The third-order valence-electron chi connectivity index (χ3n) is 4.38. The maximum absolute atomic E-state index is 4.42. The van der Waals surface area contributed by atoms with Crippen molar-refractivity contribution in [1.29, 1.82) is 0 Å². The number of aromatic nitrogens is 3. The van der Waals surface area contributed by atoms with E-state index >= 15 is 0 Å². The highest BCUT2D eigenvalue weighted by Crippen LogP contribution is 2.40. The van der Waals surface area contributed by atoms with E-state index in [1.54, 1.807) is 11.3 Å². The number of para-hydroxylation sites is 1. The number of rotatable bonds is 4. The molecule has 4 nitrogen and oxygen atoms in total. The van der Waals surface area contributed by atoms with Crippen molar-refractivity contribution in [1.82, 2.24) is 14.6 Å². The molecule has 0 aliphatic heterocycles. The molecule has 0 fully saturated rings. The van der Waals surface area contributed by atoms with Gasteiger partial charge in [-0.05, 0) is 17.7 Å². The molecule has 1 N–H and O–H groups in total. The summed E-state index contributed by atoms with van der Waals surface area (Å²) in [7, 11) is 0. The molecule has 0 unspecified atom stereocenters. The number of benzene rings is 3. The normalized spacial score (nSPS) is 11.0. The highest BCUT2D eigenvalue weighted by atomic mass is 32.1. The molecule has 0 amide bonds. The zero-order chi connectivity index (χ0) is 18.1. The number of nitrogens with one attached hydrogen (secondary N) is 1. The lowest BCUT2D eigenvalue weighted by atomic mass is 10.1. The van der Waals surface area contributed by atoms with Gasteiger partial charge in [0.2, 0.25) is 10.9 Å². The lowest BCUT2D eigenvalue weighted by molar-refractivity contribution is 1.11. The zero-order valence-electron chi connectivity index (χ0n) is 14.4. The minimum atomic E-state index is 0.716. The van der Waals surface area contributed by atoms with Crippen LogP contribution >= 0.6 is 11.3 Å². The lowest BCUT2D eigenvalue weighted by Gasteiger charge is -2.08. The Morgan fingerprint density at radius 1 is 0.667 bits per heavy atom. The Morgan fingerprint density at radius 2 is 1.26 bits per heavy atom. The van der Waals surface area contributed by atoms with Crippen LogP contribution < -0.4 is 5.32 Å². The van der Waals surface area contributed by atoms with E-state index in [1.807, 2.05) is 42.5 Å². The number of anilines is 2. The van der Waals surface area contributed by atoms with Crippen molar-refractivity contribution >= 4 is 27.9 Å². The summed E-state index contributed by atoms with van der Waals surface area (Å²) < 4.78 is 2.11. The molecule has 5 aromatic rings. The van der Waals surface area contributed by atoms with Gasteiger partial charge in [0.15, 0.2) is 0 Å². The molecule has 27 heavy (non-hydrogen) atoms. The summed E-state index contributed by atoms with van der Waals surface area (Å²) in [4.78, 5) is 2.05. The largest absolute Gasteiger partial charge is 0.324 e. The van der Waals surface area contributed by atoms with E-state index in [4.69, 9.17) is 0 Å². The Bertz CT molecular complexity index is 1180. The maximum atomic E-state index is 4.42. The zero-order valence-corrected chi connectivity index (χ0v) is 15.2. The Hall–Kier alpha value is -3.44. The van der Waals surface area contributed by atoms with Crippen molar-refractivity contribution < 1.29 is 0 Å². The fourth-order valence-corrected chi connectivity index (χ4v) is 4.24. The number of hydrogen-bond acceptors (Lipinski definition) is 4. The fraction of sp³-hybridized carbons (Fsp3) is 0. The molecule has 2 heterocycles. The predicted octanol–water partition coefficient (Wildman–Crippen LogP) is 5.87. The third kappa shape index (κ3) is 2.88. The van der Waals surface area contributed by atoms with Crippen molar-refractivity contribution in [3.63, 3.8) is 0 Å². The monoisotopic (exact) mass is 368 g/mol. The van der Waals surface area contributed by atoms with Gasteiger partial charge in [-0.15, -0.1) is 10.2 Å². The average Bonchev–Trinajstić information content (AvgIpc) is 3.30. The summed E-state index contributed by atoms with van der Waals surface area (Å²) in [6.07, 6.45) is 0. The van der Waals surface area contributed by atoms with Crippen LogP contribution in [0.3, 0.4) is 0 Å². The molecule has 130 valence electrons. The molecule has 3 aromatic carbocycles. The summed E-state index contributed by atoms with van der Waals surface area (Å²) in [5.74, 6) is 0.716. The van der Waals surface area contributed by atoms with Crippen LogP contribution in [0.2, 0.25) is 0 Å². The Balaban J connectivity index is 1.74. The summed E-state index contributed by atoms with van der Waals surface area (Å²) in [6, 6.07) is 30.9. The van der Waals surface area contributed by atoms with Crippen molar-refractivity contribution in [3.05, 3.63) is 91.0 Å². The minimum Gasteiger partial charge on any atom is -0.324 e. The van der Waals surface area contributed by atoms with E-state index in [9.17, 15) is 0 Å². The van der Waals surface area contributed by atoms with E-state index in [0.717, 1.165) is 21.9 Å². The Morgan fingerprint density at radius 3 is 1.93 bits per heavy atom. The smallest absolute Gasteiger partial charge is 0.234 e. The topological polar surface area (TPSA) is 42.2 Å². The van der Waals surface area contributed by atoms with Gasteiger partial charge in [-0.2, -0.15) is 0 Å². The molecule has 0 radical (unpaired) electrons. The fourth-order valence-electron chi connectivity index (χ4n) is 3.15. The van der Waals surface area contributed by atoms with E-state index < -0.39 is 0 Å². The van der Waals surface area contributed by atoms with E-state index in [1.165, 1.54) is 10.4 Å². The van der Waals surface area contributed by atoms with Crippen LogP contribution in [0, 0.1) is 0 Å². The third-order valence-corrected chi connectivity index (χ3v) is 5.46. The predicted molar refractivity (Wildman–Crippen MR) is 111 cm³/mol. The SMILES string of the molecule is c1ccc(Nc2nnc3sc(-c4ccccc4)c(-c4ccccc4)n23)cc1. The van der Waals surface area contributed by atoms with Gasteiger partial charge in [-0.25, -0.2) is 0 Å². The van der Waals surface area contributed by atoms with Crippen LogP contribution in [0.25, 0.3) is 26.7 Å². The first-order valence-corrected chi connectivity index (χ1v) is 9.52. The van der Waals surface area contributed by atoms with Crippen molar-refractivity contribution in [2.24, 2.45) is 0 Å². The first-order valence-electron chi connectivity index (χ1n) is 8.71. The maximum Gasteiger partial charge on any atom is 0.234 e. The molecule has 0 bridgehead atoms. The summed E-state index contributed by atoms with van der Waals surface area (Å²) in [5, 5.41) is 12.2. The van der Waals surface area contributed by atoms with E-state index in [2.05, 4.69) is 68.4 Å². The van der Waals surface area contributed by atoms with Gasteiger partial charge in [0.05, 0.1) is 10.6 Å². The number of fused-ring (bicyclic) bond motifs is 1. The van der Waals surface area contributed by atoms with E-state index in [-0.39, 0.29) is 0 Å². The number of nitrogens with zero attached hydrogens (tertiary/aromatic N) is 3. The van der Waals surface area contributed by atoms with Gasteiger partial charge >= 0.3 is 0 Å². The standard InChI is InChI=1S/C22H16N4S/c1-4-10-16(11-5-1)19-20(17-12-6-2-7-13-17)27-22-25-24-21(26(19)22)23-18-14-8-3-9-15-18/h1-15H,(H,23,24). The second-order valence-electron chi connectivity index (χ2n) is 6.14. The van der Waals surface area contributed by atoms with Crippen LogP contribution in [-0.2, 0) is 0 Å². The molecule has 5 rings (SSSR count). The minimum absolute atomic E-state index is 0.716. The Labute approximate surface area is 160 Å². The second kappa shape index (κ2) is 6.70. The van der Waals surface area contributed by atoms with Gasteiger partial charge in [0.25, 0.3) is 0 Å². The number of thiazole rings is 1. The first-order chi connectivity index (χ1) is 13.4. The molecule has 0 spiro atoms. The number of hydrogen-bond donors (Lipinski definition) is 1.